The topological polar surface area (TPSA) is 44.0 Å². The van der Waals surface area contributed by atoms with Crippen LogP contribution in [0.3, 0.4) is 0 Å². The number of likely N-dealkylation sites (tertiary alicyclic amines) is 1. The zero-order valence-electron chi connectivity index (χ0n) is 20.6. The minimum atomic E-state index is 0.0349. The third kappa shape index (κ3) is 3.59. The molecular formula is C32H32N4. The van der Waals surface area contributed by atoms with E-state index < -0.39 is 0 Å². The van der Waals surface area contributed by atoms with Gasteiger partial charge in [0.2, 0.25) is 0 Å². The Kier molecular flexibility index (Phi) is 5.10. The lowest BCUT2D eigenvalue weighted by Gasteiger charge is -2.26. The number of hydrogen-bond donors (Lipinski definition) is 2. The molecule has 4 nitrogen and oxygen atoms in total. The lowest BCUT2D eigenvalue weighted by Crippen LogP contribution is -2.28. The summed E-state index contributed by atoms with van der Waals surface area (Å²) in [7, 11) is 0. The van der Waals surface area contributed by atoms with Crippen LogP contribution >= 0.6 is 0 Å². The predicted octanol–water partition coefficient (Wildman–Crippen LogP) is 7.08. The van der Waals surface area contributed by atoms with Crippen LogP contribution in [0, 0.1) is 0 Å². The molecule has 0 amide bonds. The van der Waals surface area contributed by atoms with Crippen molar-refractivity contribution in [2.75, 3.05) is 18.4 Å². The number of H-pyrrole nitrogens is 1. The van der Waals surface area contributed by atoms with Crippen molar-refractivity contribution in [3.63, 3.8) is 0 Å². The van der Waals surface area contributed by atoms with E-state index in [1.807, 2.05) is 0 Å². The number of hydrogen-bond acceptors (Lipinski definition) is 3. The summed E-state index contributed by atoms with van der Waals surface area (Å²) in [5.41, 5.74) is 9.79. The van der Waals surface area contributed by atoms with Gasteiger partial charge >= 0.3 is 0 Å². The molecule has 3 aliphatic rings. The summed E-state index contributed by atoms with van der Waals surface area (Å²) in [6.45, 7) is 7.90. The molecule has 4 aromatic rings. The number of allylic oxidation sites excluding steroid dienone is 1. The largest absolute Gasteiger partial charge is 0.358 e. The molecule has 3 heterocycles. The van der Waals surface area contributed by atoms with Gasteiger partial charge in [-0.3, -0.25) is 10.00 Å². The zero-order chi connectivity index (χ0) is 24.1. The molecule has 2 atom stereocenters. The summed E-state index contributed by atoms with van der Waals surface area (Å²) >= 11 is 0. The highest BCUT2D eigenvalue weighted by molar-refractivity contribution is 5.90. The number of aromatic nitrogens is 2. The molecule has 1 spiro atoms. The van der Waals surface area contributed by atoms with E-state index in [0.29, 0.717) is 5.92 Å². The first-order valence-electron chi connectivity index (χ1n) is 13.2. The van der Waals surface area contributed by atoms with Gasteiger partial charge in [0.1, 0.15) is 0 Å². The second kappa shape index (κ2) is 8.49. The minimum absolute atomic E-state index is 0.0349. The molecule has 0 radical (unpaired) electrons. The lowest BCUT2D eigenvalue weighted by atomic mass is 9.90. The van der Waals surface area contributed by atoms with Crippen molar-refractivity contribution >= 4 is 28.7 Å². The van der Waals surface area contributed by atoms with Crippen molar-refractivity contribution in [1.82, 2.24) is 15.1 Å². The summed E-state index contributed by atoms with van der Waals surface area (Å²) in [4.78, 5) is 2.57. The maximum Gasteiger partial charge on any atom is 0.0927 e. The predicted molar refractivity (Wildman–Crippen MR) is 149 cm³/mol. The van der Waals surface area contributed by atoms with Crippen LogP contribution < -0.4 is 5.32 Å². The molecule has 1 saturated carbocycles. The number of rotatable bonds is 5. The number of nitrogens with zero attached hydrogens (tertiary/aromatic N) is 2. The highest BCUT2D eigenvalue weighted by Crippen LogP contribution is 2.68. The first kappa shape index (κ1) is 21.6. The first-order chi connectivity index (χ1) is 17.7. The van der Waals surface area contributed by atoms with Gasteiger partial charge in [-0.25, -0.2) is 0 Å². The fourth-order valence-electron chi connectivity index (χ4n) is 6.40. The molecule has 1 aromatic heterocycles. The quantitative estimate of drug-likeness (QED) is 0.326. The molecule has 2 N–H and O–H groups in total. The number of para-hydroxylation sites is 1. The Morgan fingerprint density at radius 1 is 0.972 bits per heavy atom. The van der Waals surface area contributed by atoms with E-state index >= 15 is 0 Å². The molecule has 4 heteroatoms. The monoisotopic (exact) mass is 472 g/mol. The van der Waals surface area contributed by atoms with Crippen molar-refractivity contribution < 1.29 is 0 Å². The van der Waals surface area contributed by atoms with Crippen molar-refractivity contribution in [2.45, 2.75) is 43.6 Å². The summed E-state index contributed by atoms with van der Waals surface area (Å²) in [6.07, 6.45) is 9.44. The summed E-state index contributed by atoms with van der Waals surface area (Å²) in [5.74, 6) is 0.455. The van der Waals surface area contributed by atoms with Crippen molar-refractivity contribution in [2.24, 2.45) is 0 Å². The van der Waals surface area contributed by atoms with Crippen molar-refractivity contribution in [3.8, 4) is 0 Å². The molecular weight excluding hydrogens is 440 g/mol. The van der Waals surface area contributed by atoms with E-state index in [9.17, 15) is 0 Å². The number of anilines is 1. The van der Waals surface area contributed by atoms with E-state index in [0.717, 1.165) is 35.3 Å². The number of benzene rings is 3. The molecule has 0 bridgehead atoms. The van der Waals surface area contributed by atoms with E-state index in [-0.39, 0.29) is 5.41 Å². The van der Waals surface area contributed by atoms with E-state index in [1.165, 1.54) is 60.3 Å². The number of fused-ring (bicyclic) bond motifs is 3. The summed E-state index contributed by atoms with van der Waals surface area (Å²) in [5, 5.41) is 12.6. The first-order valence-corrected chi connectivity index (χ1v) is 13.2. The fraction of sp³-hybridized carbons (Fsp3) is 0.281. The third-order valence-corrected chi connectivity index (χ3v) is 8.48. The maximum atomic E-state index is 4.62. The molecule has 36 heavy (non-hydrogen) atoms. The van der Waals surface area contributed by atoms with Gasteiger partial charge in [-0.2, -0.15) is 5.10 Å². The molecule has 1 saturated heterocycles. The van der Waals surface area contributed by atoms with Crippen LogP contribution in [0.1, 0.15) is 59.5 Å². The zero-order valence-corrected chi connectivity index (χ0v) is 20.6. The van der Waals surface area contributed by atoms with Crippen LogP contribution in [0.15, 0.2) is 79.0 Å². The van der Waals surface area contributed by atoms with E-state index in [1.54, 1.807) is 0 Å². The van der Waals surface area contributed by atoms with Gasteiger partial charge in [0.05, 0.1) is 11.2 Å². The van der Waals surface area contributed by atoms with Gasteiger partial charge < -0.3 is 5.32 Å². The van der Waals surface area contributed by atoms with Crippen molar-refractivity contribution in [3.05, 3.63) is 107 Å². The minimum Gasteiger partial charge on any atom is -0.358 e. The Bertz CT molecular complexity index is 1470. The van der Waals surface area contributed by atoms with Crippen LogP contribution in [-0.4, -0.2) is 28.2 Å². The third-order valence-electron chi connectivity index (χ3n) is 8.48. The molecule has 1 aliphatic carbocycles. The van der Waals surface area contributed by atoms with Crippen molar-refractivity contribution in [1.29, 1.82) is 0 Å². The van der Waals surface area contributed by atoms with E-state index in [2.05, 4.69) is 106 Å². The normalized spacial score (nSPS) is 23.4. The smallest absolute Gasteiger partial charge is 0.0927 e. The SMILES string of the molecule is C=C1Nc2ccccc2[C@]12C[C@H]2c1ccc2c(/C=C/c3ccc(CN4CCCCC4)cc3)n[nH]c2c1. The molecule has 180 valence electrons. The van der Waals surface area contributed by atoms with E-state index in [4.69, 9.17) is 0 Å². The highest BCUT2D eigenvalue weighted by Gasteiger charge is 2.61. The van der Waals surface area contributed by atoms with Crippen LogP contribution in [0.25, 0.3) is 23.1 Å². The Balaban J connectivity index is 1.08. The molecule has 2 aliphatic heterocycles. The van der Waals surface area contributed by atoms with Crippen LogP contribution in [-0.2, 0) is 12.0 Å². The second-order valence-electron chi connectivity index (χ2n) is 10.7. The number of nitrogens with one attached hydrogen (secondary N) is 2. The van der Waals surface area contributed by atoms with Gasteiger partial charge in [-0.1, -0.05) is 73.7 Å². The van der Waals surface area contributed by atoms with Crippen LogP contribution in [0.2, 0.25) is 0 Å². The van der Waals surface area contributed by atoms with Gasteiger partial charge in [0.25, 0.3) is 0 Å². The Labute approximate surface area is 212 Å². The molecule has 7 rings (SSSR count). The van der Waals surface area contributed by atoms with Crippen LogP contribution in [0.4, 0.5) is 5.69 Å². The number of aromatic amines is 1. The van der Waals surface area contributed by atoms with Gasteiger partial charge in [0, 0.05) is 34.6 Å². The fourth-order valence-corrected chi connectivity index (χ4v) is 6.40. The van der Waals surface area contributed by atoms with Gasteiger partial charge in [0.15, 0.2) is 0 Å². The Hall–Kier alpha value is -3.63. The average molecular weight is 473 g/mol. The van der Waals surface area contributed by atoms with Gasteiger partial charge in [-0.05, 0) is 72.8 Å². The standard InChI is InChI=1S/C32H32N4/c1-22-32(27-7-3-4-8-30(27)33-22)20-28(32)25-14-15-26-29(34-35-31(26)19-25)16-13-23-9-11-24(12-10-23)21-36-17-5-2-6-18-36/h3-4,7-16,19,28,33H,1-2,5-6,17-18,20-21H2,(H,34,35)/b16-13+/t28-,32-/m0/s1. The Morgan fingerprint density at radius 2 is 1.81 bits per heavy atom. The number of piperidine rings is 1. The molecule has 2 fully saturated rings. The Morgan fingerprint density at radius 3 is 2.67 bits per heavy atom. The summed E-state index contributed by atoms with van der Waals surface area (Å²) in [6, 6.07) is 24.4. The molecule has 3 aromatic carbocycles. The maximum absolute atomic E-state index is 4.62. The average Bonchev–Trinajstić information content (AvgIpc) is 3.45. The molecule has 0 unspecified atom stereocenters. The highest BCUT2D eigenvalue weighted by atomic mass is 15.1. The lowest BCUT2D eigenvalue weighted by molar-refractivity contribution is 0.221. The summed E-state index contributed by atoms with van der Waals surface area (Å²) < 4.78 is 0. The van der Waals surface area contributed by atoms with Gasteiger partial charge in [-0.15, -0.1) is 0 Å². The van der Waals surface area contributed by atoms with Crippen LogP contribution in [0.5, 0.6) is 0 Å². The second-order valence-corrected chi connectivity index (χ2v) is 10.7.